The molecular weight excluding hydrogens is 357 g/mol. The molecule has 1 unspecified atom stereocenters. The van der Waals surface area contributed by atoms with Crippen LogP contribution in [0.5, 0.6) is 0 Å². The summed E-state index contributed by atoms with van der Waals surface area (Å²) in [6, 6.07) is 6.32. The third-order valence-electron chi connectivity index (χ3n) is 3.66. The van der Waals surface area contributed by atoms with E-state index in [1.807, 2.05) is 0 Å². The molecule has 26 heavy (non-hydrogen) atoms. The van der Waals surface area contributed by atoms with Crippen LogP contribution >= 0.6 is 0 Å². The van der Waals surface area contributed by atoms with Crippen molar-refractivity contribution in [2.24, 2.45) is 5.73 Å². The third-order valence-corrected chi connectivity index (χ3v) is 3.66. The van der Waals surface area contributed by atoms with Gasteiger partial charge in [0.05, 0.1) is 5.56 Å². The Balaban J connectivity index is 0.000000412. The van der Waals surface area contributed by atoms with Gasteiger partial charge in [-0.05, 0) is 37.5 Å². The highest BCUT2D eigenvalue weighted by molar-refractivity contribution is 5.97. The molecule has 1 fully saturated rings. The maximum absolute atomic E-state index is 12.3. The van der Waals surface area contributed by atoms with E-state index in [0.29, 0.717) is 18.7 Å². The van der Waals surface area contributed by atoms with Gasteiger partial charge in [0.15, 0.2) is 0 Å². The van der Waals surface area contributed by atoms with E-state index in [0.717, 1.165) is 19.3 Å². The lowest BCUT2D eigenvalue weighted by Gasteiger charge is -2.20. The molecule has 144 valence electrons. The average molecular weight is 376 g/mol. The molecule has 2 rings (SSSR count). The number of carbonyl (C=O) groups excluding carboxylic acids is 1. The number of carboxylic acids is 2. The molecule has 1 atom stereocenters. The van der Waals surface area contributed by atoms with Gasteiger partial charge in [-0.1, -0.05) is 6.07 Å². The van der Waals surface area contributed by atoms with Crippen molar-refractivity contribution in [3.05, 3.63) is 35.4 Å². The maximum atomic E-state index is 12.3. The largest absolute Gasteiger partial charge is 0.490 e. The maximum Gasteiger partial charge on any atom is 0.490 e. The molecule has 0 aliphatic carbocycles. The summed E-state index contributed by atoms with van der Waals surface area (Å²) in [5, 5.41) is 16.1. The highest BCUT2D eigenvalue weighted by Crippen LogP contribution is 2.14. The van der Waals surface area contributed by atoms with E-state index in [4.69, 9.17) is 20.7 Å². The average Bonchev–Trinajstić information content (AvgIpc) is 2.78. The summed E-state index contributed by atoms with van der Waals surface area (Å²) in [4.78, 5) is 33.9. The van der Waals surface area contributed by atoms with Crippen molar-refractivity contribution in [1.29, 1.82) is 0 Å². The zero-order valence-corrected chi connectivity index (χ0v) is 13.7. The van der Waals surface area contributed by atoms with Gasteiger partial charge in [0.25, 0.3) is 5.91 Å². The van der Waals surface area contributed by atoms with Gasteiger partial charge in [0, 0.05) is 24.7 Å². The first-order chi connectivity index (χ1) is 12.0. The molecule has 10 heteroatoms. The Labute approximate surface area is 147 Å². The first-order valence-corrected chi connectivity index (χ1v) is 7.70. The molecule has 0 bridgehead atoms. The van der Waals surface area contributed by atoms with E-state index in [1.165, 1.54) is 12.1 Å². The second-order valence-electron chi connectivity index (χ2n) is 5.67. The molecule has 1 aliphatic rings. The summed E-state index contributed by atoms with van der Waals surface area (Å²) in [6.07, 6.45) is -2.46. The van der Waals surface area contributed by atoms with Crippen molar-refractivity contribution in [2.45, 2.75) is 31.5 Å². The van der Waals surface area contributed by atoms with Crippen LogP contribution in [-0.4, -0.2) is 58.3 Å². The van der Waals surface area contributed by atoms with Crippen LogP contribution in [0, 0.1) is 0 Å². The number of carboxylic acid groups (broad SMARTS) is 2. The van der Waals surface area contributed by atoms with Crippen LogP contribution < -0.4 is 5.73 Å². The first kappa shape index (κ1) is 21.4. The Bertz CT molecular complexity index is 664. The van der Waals surface area contributed by atoms with Crippen LogP contribution in [0.3, 0.4) is 0 Å². The van der Waals surface area contributed by atoms with Gasteiger partial charge in [-0.25, -0.2) is 9.59 Å². The van der Waals surface area contributed by atoms with Gasteiger partial charge < -0.3 is 20.8 Å². The van der Waals surface area contributed by atoms with E-state index < -0.39 is 18.1 Å². The Hall–Kier alpha value is -2.62. The van der Waals surface area contributed by atoms with Gasteiger partial charge in [-0.2, -0.15) is 13.2 Å². The second-order valence-corrected chi connectivity index (χ2v) is 5.67. The van der Waals surface area contributed by atoms with Crippen molar-refractivity contribution in [1.82, 2.24) is 4.90 Å². The van der Waals surface area contributed by atoms with Crippen LogP contribution in [0.2, 0.25) is 0 Å². The van der Waals surface area contributed by atoms with Crippen molar-refractivity contribution in [3.8, 4) is 0 Å². The van der Waals surface area contributed by atoms with E-state index in [9.17, 15) is 22.8 Å². The molecule has 1 aromatic carbocycles. The Morgan fingerprint density at radius 3 is 2.19 bits per heavy atom. The lowest BCUT2D eigenvalue weighted by Crippen LogP contribution is -2.32. The number of rotatable bonds is 2. The summed E-state index contributed by atoms with van der Waals surface area (Å²) < 4.78 is 31.7. The van der Waals surface area contributed by atoms with E-state index in [2.05, 4.69) is 0 Å². The monoisotopic (exact) mass is 376 g/mol. The van der Waals surface area contributed by atoms with Crippen LogP contribution in [0.4, 0.5) is 13.2 Å². The molecule has 1 heterocycles. The van der Waals surface area contributed by atoms with Gasteiger partial charge in [-0.3, -0.25) is 4.79 Å². The van der Waals surface area contributed by atoms with Crippen molar-refractivity contribution < 1.29 is 37.8 Å². The van der Waals surface area contributed by atoms with Crippen molar-refractivity contribution >= 4 is 17.8 Å². The second kappa shape index (κ2) is 9.18. The highest BCUT2D eigenvalue weighted by atomic mass is 19.4. The number of carbonyl (C=O) groups is 3. The fraction of sp³-hybridized carbons (Fsp3) is 0.438. The van der Waals surface area contributed by atoms with Gasteiger partial charge in [0.2, 0.25) is 0 Å². The SMILES string of the molecule is NC1CCCN(C(=O)c2cccc(C(=O)O)c2)CC1.O=C(O)C(F)(F)F. The number of aliphatic carboxylic acids is 1. The minimum absolute atomic E-state index is 0.114. The molecule has 1 amide bonds. The standard InChI is InChI=1S/C14H18N2O3.C2HF3O2/c15-12-5-2-7-16(8-6-12)13(17)10-3-1-4-11(9-10)14(18)19;3-2(4,5)1(6)7/h1,3-4,9,12H,2,5-8,15H2,(H,18,19);(H,6,7). The molecular formula is C16H19F3N2O5. The number of alkyl halides is 3. The number of nitrogens with zero attached hydrogens (tertiary/aromatic N) is 1. The predicted molar refractivity (Wildman–Crippen MR) is 84.8 cm³/mol. The Kier molecular flexibility index (Phi) is 7.56. The number of likely N-dealkylation sites (tertiary alicyclic amines) is 1. The minimum atomic E-state index is -5.08. The lowest BCUT2D eigenvalue weighted by atomic mass is 10.1. The van der Waals surface area contributed by atoms with Crippen molar-refractivity contribution in [2.75, 3.05) is 13.1 Å². The van der Waals surface area contributed by atoms with Crippen LogP contribution in [-0.2, 0) is 4.79 Å². The summed E-state index contributed by atoms with van der Waals surface area (Å²) in [6.45, 7) is 1.32. The summed E-state index contributed by atoms with van der Waals surface area (Å²) in [5.41, 5.74) is 6.45. The third kappa shape index (κ3) is 6.71. The van der Waals surface area contributed by atoms with Crippen LogP contribution in [0.25, 0.3) is 0 Å². The number of hydrogen-bond acceptors (Lipinski definition) is 4. The number of aromatic carboxylic acids is 1. The minimum Gasteiger partial charge on any atom is -0.478 e. The van der Waals surface area contributed by atoms with Crippen molar-refractivity contribution in [3.63, 3.8) is 0 Å². The van der Waals surface area contributed by atoms with E-state index >= 15 is 0 Å². The molecule has 4 N–H and O–H groups in total. The zero-order chi connectivity index (χ0) is 19.9. The summed E-state index contributed by atoms with van der Waals surface area (Å²) in [5.74, 6) is -3.89. The predicted octanol–water partition coefficient (Wildman–Crippen LogP) is 1.97. The zero-order valence-electron chi connectivity index (χ0n) is 13.7. The topological polar surface area (TPSA) is 121 Å². The molecule has 1 aliphatic heterocycles. The first-order valence-electron chi connectivity index (χ1n) is 7.70. The number of halogens is 3. The van der Waals surface area contributed by atoms with Crippen LogP contribution in [0.1, 0.15) is 40.0 Å². The highest BCUT2D eigenvalue weighted by Gasteiger charge is 2.38. The number of amides is 1. The number of hydrogen-bond donors (Lipinski definition) is 3. The molecule has 0 spiro atoms. The molecule has 1 saturated heterocycles. The number of benzene rings is 1. The molecule has 0 aromatic heterocycles. The van der Waals surface area contributed by atoms with Gasteiger partial charge in [0.1, 0.15) is 0 Å². The molecule has 7 nitrogen and oxygen atoms in total. The fourth-order valence-electron chi connectivity index (χ4n) is 2.29. The van der Waals surface area contributed by atoms with Gasteiger partial charge >= 0.3 is 18.1 Å². The smallest absolute Gasteiger partial charge is 0.478 e. The van der Waals surface area contributed by atoms with E-state index in [1.54, 1.807) is 17.0 Å². The van der Waals surface area contributed by atoms with E-state index in [-0.39, 0.29) is 17.5 Å². The Morgan fingerprint density at radius 2 is 1.65 bits per heavy atom. The lowest BCUT2D eigenvalue weighted by molar-refractivity contribution is -0.192. The van der Waals surface area contributed by atoms with Gasteiger partial charge in [-0.15, -0.1) is 0 Å². The molecule has 0 saturated carbocycles. The molecule has 1 aromatic rings. The molecule has 0 radical (unpaired) electrons. The van der Waals surface area contributed by atoms with Crippen LogP contribution in [0.15, 0.2) is 24.3 Å². The quantitative estimate of drug-likeness (QED) is 0.726. The summed E-state index contributed by atoms with van der Waals surface area (Å²) in [7, 11) is 0. The normalized spacial score (nSPS) is 17.5. The Morgan fingerprint density at radius 1 is 1.08 bits per heavy atom. The fourth-order valence-corrected chi connectivity index (χ4v) is 2.29. The number of nitrogens with two attached hydrogens (primary N) is 1. The summed E-state index contributed by atoms with van der Waals surface area (Å²) >= 11 is 0.